The van der Waals surface area contributed by atoms with Crippen LogP contribution in [-0.2, 0) is 48.7 Å². The Bertz CT molecular complexity index is 3970. The third-order valence-corrected chi connectivity index (χ3v) is 25.0. The third kappa shape index (κ3) is 7.24. The van der Waals surface area contributed by atoms with Crippen LogP contribution in [-0.4, -0.2) is 12.3 Å². The minimum atomic E-state index is -0.173. The van der Waals surface area contributed by atoms with Gasteiger partial charge < -0.3 is 19.1 Å². The standard InChI is InChI=1S/C78H94BN3O/c1-69(2)31-33-71(5,6)53-39-47(25-27-51(53)69)80-62-46-58-56(74(11,12)36-38-76(58,15)16)44-60(62)79-66-63(80)41-49(82-61-45-57-55(73(9,10)35-37-75(57,13)14)43-59(61)77(17)29-21-22-30-78(77,82)18)42-64(66)81(67-50-23-19-20-24-65(50)83-68(67)79)48-26-28-52-54(40-48)72(7,8)34-32-70(52,3)4/h19-20,23-28,39-46H,21-22,29-38H2,1-18H3. The van der Waals surface area contributed by atoms with Gasteiger partial charge in [-0.25, -0.2) is 0 Å². The number of para-hydroxylation sites is 1. The highest BCUT2D eigenvalue weighted by atomic mass is 16.3. The van der Waals surface area contributed by atoms with E-state index in [1.54, 1.807) is 16.7 Å². The number of hydrogen-bond acceptors (Lipinski definition) is 4. The van der Waals surface area contributed by atoms with E-state index in [-0.39, 0.29) is 61.0 Å². The van der Waals surface area contributed by atoms with Crippen LogP contribution in [0.5, 0.6) is 0 Å². The molecule has 3 aliphatic heterocycles. The molecule has 15 rings (SSSR count). The number of hydrogen-bond donors (Lipinski definition) is 0. The normalized spacial score (nSPS) is 26.1. The van der Waals surface area contributed by atoms with Crippen molar-refractivity contribution in [3.05, 3.63) is 147 Å². The first-order valence-corrected chi connectivity index (χ1v) is 32.6. The van der Waals surface area contributed by atoms with Crippen LogP contribution in [0.25, 0.3) is 11.0 Å². The van der Waals surface area contributed by atoms with Gasteiger partial charge in [-0.3, -0.25) is 0 Å². The minimum absolute atomic E-state index is 0.00412. The number of anilines is 8. The molecule has 2 unspecified atom stereocenters. The summed E-state index contributed by atoms with van der Waals surface area (Å²) >= 11 is 0. The second-order valence-electron chi connectivity index (χ2n) is 33.9. The van der Waals surface area contributed by atoms with Gasteiger partial charge in [-0.2, -0.15) is 0 Å². The van der Waals surface area contributed by atoms with Crippen molar-refractivity contribution in [2.45, 2.75) is 256 Å². The topological polar surface area (TPSA) is 22.9 Å². The van der Waals surface area contributed by atoms with Crippen LogP contribution in [0.4, 0.5) is 45.5 Å². The molecular weight excluding hydrogens is 1010 g/mol. The number of rotatable bonds is 3. The number of benzene rings is 6. The average Bonchev–Trinajstić information content (AvgIpc) is 2.13. The Kier molecular flexibility index (Phi) is 10.8. The van der Waals surface area contributed by atoms with Gasteiger partial charge in [-0.05, 0) is 236 Å². The van der Waals surface area contributed by atoms with E-state index in [1.165, 1.54) is 147 Å². The van der Waals surface area contributed by atoms with E-state index in [0.717, 1.165) is 36.9 Å². The maximum atomic E-state index is 7.63. The first-order valence-electron chi connectivity index (χ1n) is 32.6. The maximum Gasteiger partial charge on any atom is 0.297 e. The van der Waals surface area contributed by atoms with Crippen LogP contribution in [0.1, 0.15) is 252 Å². The van der Waals surface area contributed by atoms with Gasteiger partial charge in [0.25, 0.3) is 6.71 Å². The van der Waals surface area contributed by atoms with Crippen LogP contribution in [0.3, 0.4) is 0 Å². The Balaban J connectivity index is 1.10. The highest BCUT2D eigenvalue weighted by Gasteiger charge is 2.60. The molecule has 4 heterocycles. The van der Waals surface area contributed by atoms with Gasteiger partial charge in [-0.1, -0.05) is 167 Å². The molecule has 0 radical (unpaired) electrons. The fourth-order valence-corrected chi connectivity index (χ4v) is 18.8. The van der Waals surface area contributed by atoms with Crippen LogP contribution in [0.2, 0.25) is 0 Å². The zero-order valence-corrected chi connectivity index (χ0v) is 54.1. The van der Waals surface area contributed by atoms with Crippen molar-refractivity contribution in [2.75, 3.05) is 14.7 Å². The summed E-state index contributed by atoms with van der Waals surface area (Å²) in [5, 5.41) is 1.18. The molecule has 1 fully saturated rings. The lowest BCUT2D eigenvalue weighted by atomic mass is 9.35. The fourth-order valence-electron chi connectivity index (χ4n) is 18.8. The second kappa shape index (κ2) is 16.6. The largest absolute Gasteiger partial charge is 0.468 e. The van der Waals surface area contributed by atoms with Crippen molar-refractivity contribution in [2.24, 2.45) is 0 Å². The molecule has 0 saturated heterocycles. The van der Waals surface area contributed by atoms with Gasteiger partial charge in [-0.15, -0.1) is 0 Å². The predicted octanol–water partition coefficient (Wildman–Crippen LogP) is 19.7. The van der Waals surface area contributed by atoms with Crippen LogP contribution in [0, 0.1) is 0 Å². The minimum Gasteiger partial charge on any atom is -0.468 e. The van der Waals surface area contributed by atoms with Crippen LogP contribution in [0.15, 0.2) is 101 Å². The summed E-state index contributed by atoms with van der Waals surface area (Å²) in [7, 11) is 0. The number of furan rings is 1. The first kappa shape index (κ1) is 54.0. The van der Waals surface area contributed by atoms with E-state index >= 15 is 0 Å². The fraction of sp³-hybridized carbons (Fsp3) is 0.513. The van der Waals surface area contributed by atoms with Crippen molar-refractivity contribution < 1.29 is 4.42 Å². The monoisotopic (exact) mass is 1100 g/mol. The van der Waals surface area contributed by atoms with E-state index in [4.69, 9.17) is 4.42 Å². The highest BCUT2D eigenvalue weighted by Crippen LogP contribution is 2.65. The maximum absolute atomic E-state index is 7.63. The molecule has 83 heavy (non-hydrogen) atoms. The molecule has 0 amide bonds. The third-order valence-electron chi connectivity index (χ3n) is 25.0. The Morgan fingerprint density at radius 3 is 1.34 bits per heavy atom. The molecule has 430 valence electrons. The van der Waals surface area contributed by atoms with Crippen molar-refractivity contribution >= 4 is 79.8 Å². The molecule has 2 atom stereocenters. The molecule has 5 aliphatic carbocycles. The molecule has 0 N–H and O–H groups in total. The summed E-state index contributed by atoms with van der Waals surface area (Å²) in [5.41, 5.74) is 28.8. The Hall–Kier alpha value is -5.68. The molecule has 6 aromatic carbocycles. The molecule has 4 nitrogen and oxygen atoms in total. The number of fused-ring (bicyclic) bond motifs is 13. The molecule has 8 aliphatic rings. The van der Waals surface area contributed by atoms with Gasteiger partial charge in [0.2, 0.25) is 0 Å². The SMILES string of the molecule is CC1(C)CCC(C)(C)c2cc(N3c4cc5c(cc4B4c6oc7ccccc7c6N(c6ccc7c(c6)C(C)(C)CCC7(C)C)c6cc(N7c8cc9c(cc8C8(C)CCCCC78C)C(C)(C)CCC9(C)C)cc3c64)C(C)(C)CCC5(C)C)ccc21. The van der Waals surface area contributed by atoms with Crippen molar-refractivity contribution in [3.8, 4) is 0 Å². The van der Waals surface area contributed by atoms with Crippen LogP contribution < -0.4 is 31.3 Å². The van der Waals surface area contributed by atoms with E-state index in [0.29, 0.717) is 0 Å². The van der Waals surface area contributed by atoms with Gasteiger partial charge in [0.05, 0.1) is 16.9 Å². The second-order valence-corrected chi connectivity index (χ2v) is 33.9. The Morgan fingerprint density at radius 2 is 0.795 bits per heavy atom. The van der Waals surface area contributed by atoms with Gasteiger partial charge in [0.1, 0.15) is 5.58 Å². The van der Waals surface area contributed by atoms with Crippen molar-refractivity contribution in [3.63, 3.8) is 0 Å². The summed E-state index contributed by atoms with van der Waals surface area (Å²) in [6, 6.07) is 40.6. The molecule has 1 saturated carbocycles. The lowest BCUT2D eigenvalue weighted by Gasteiger charge is -2.51. The Labute approximate surface area is 499 Å². The predicted molar refractivity (Wildman–Crippen MR) is 354 cm³/mol. The van der Waals surface area contributed by atoms with Gasteiger partial charge in [0.15, 0.2) is 0 Å². The summed E-state index contributed by atoms with van der Waals surface area (Å²) in [6.07, 6.45) is 14.2. The summed E-state index contributed by atoms with van der Waals surface area (Å²) in [5.74, 6) is 0. The molecular formula is C78H94BN3O. The average molecular weight is 1100 g/mol. The van der Waals surface area contributed by atoms with E-state index < -0.39 is 0 Å². The van der Waals surface area contributed by atoms with E-state index in [2.05, 4.69) is 236 Å². The Morgan fingerprint density at radius 1 is 0.361 bits per heavy atom. The first-order chi connectivity index (χ1) is 38.8. The lowest BCUT2D eigenvalue weighted by Crippen LogP contribution is -2.61. The number of nitrogens with zero attached hydrogens (tertiary/aromatic N) is 3. The van der Waals surface area contributed by atoms with Crippen LogP contribution >= 0.6 is 0 Å². The zero-order valence-electron chi connectivity index (χ0n) is 54.1. The molecule has 5 heteroatoms. The quantitative estimate of drug-likeness (QED) is 0.165. The highest BCUT2D eigenvalue weighted by molar-refractivity contribution is 7.00. The molecule has 0 bridgehead atoms. The molecule has 1 aromatic heterocycles. The lowest BCUT2D eigenvalue weighted by molar-refractivity contribution is 0.194. The van der Waals surface area contributed by atoms with Crippen molar-refractivity contribution in [1.29, 1.82) is 0 Å². The molecule has 7 aromatic rings. The van der Waals surface area contributed by atoms with Gasteiger partial charge >= 0.3 is 0 Å². The zero-order chi connectivity index (χ0) is 58.5. The van der Waals surface area contributed by atoms with Crippen molar-refractivity contribution in [1.82, 2.24) is 0 Å². The van der Waals surface area contributed by atoms with Gasteiger partial charge in [0, 0.05) is 50.6 Å². The molecule has 0 spiro atoms. The smallest absolute Gasteiger partial charge is 0.297 e. The van der Waals surface area contributed by atoms with E-state index in [9.17, 15) is 0 Å². The summed E-state index contributed by atoms with van der Waals surface area (Å²) in [4.78, 5) is 8.44. The summed E-state index contributed by atoms with van der Waals surface area (Å²) in [6.45, 7) is 45.2. The summed E-state index contributed by atoms with van der Waals surface area (Å²) < 4.78 is 7.63. The van der Waals surface area contributed by atoms with E-state index in [1.807, 2.05) is 0 Å².